The number of carboxylic acid groups (broad SMARTS) is 1. The van der Waals surface area contributed by atoms with E-state index in [9.17, 15) is 9.90 Å². The van der Waals surface area contributed by atoms with Crippen molar-refractivity contribution in [3.8, 4) is 0 Å². The zero-order valence-electron chi connectivity index (χ0n) is 11.9. The number of rotatable bonds is 6. The van der Waals surface area contributed by atoms with E-state index >= 15 is 0 Å². The fourth-order valence-corrected chi connectivity index (χ4v) is 3.26. The van der Waals surface area contributed by atoms with E-state index in [2.05, 4.69) is 13.2 Å². The summed E-state index contributed by atoms with van der Waals surface area (Å²) in [5, 5.41) is 9.88. The van der Waals surface area contributed by atoms with Crippen molar-refractivity contribution in [1.29, 1.82) is 0 Å². The van der Waals surface area contributed by atoms with Gasteiger partial charge in [-0.25, -0.2) is 0 Å². The molecule has 1 atom stereocenters. The van der Waals surface area contributed by atoms with Crippen LogP contribution in [0.5, 0.6) is 0 Å². The third kappa shape index (κ3) is 3.78. The number of carbonyl (C=O) groups is 1. The molecule has 0 aliphatic carbocycles. The Kier molecular flexibility index (Phi) is 6.59. The van der Waals surface area contributed by atoms with Crippen LogP contribution in [0.15, 0.2) is 46.4 Å². The van der Waals surface area contributed by atoms with E-state index in [-0.39, 0.29) is 0 Å². The normalized spacial score (nSPS) is 19.4. The van der Waals surface area contributed by atoms with Crippen LogP contribution >= 0.6 is 23.4 Å². The minimum Gasteiger partial charge on any atom is -0.480 e. The van der Waals surface area contributed by atoms with Crippen molar-refractivity contribution in [2.24, 2.45) is 0 Å². The first-order valence-electron chi connectivity index (χ1n) is 6.30. The first-order chi connectivity index (χ1) is 9.46. The van der Waals surface area contributed by atoms with E-state index in [1.807, 2.05) is 18.1 Å². The highest BCUT2D eigenvalue weighted by Gasteiger charge is 2.31. The van der Waals surface area contributed by atoms with Gasteiger partial charge in [-0.2, -0.15) is 0 Å². The molecule has 0 saturated heterocycles. The second-order valence-corrected chi connectivity index (χ2v) is 5.89. The Morgan fingerprint density at radius 3 is 2.55 bits per heavy atom. The Morgan fingerprint density at radius 2 is 2.15 bits per heavy atom. The molecule has 3 nitrogen and oxygen atoms in total. The maximum atomic E-state index is 11.6. The number of halogens is 1. The van der Waals surface area contributed by atoms with Crippen molar-refractivity contribution < 1.29 is 9.90 Å². The minimum absolute atomic E-state index is 0.338. The fraction of sp³-hybridized carbons (Fsp3) is 0.400. The number of hydrogen-bond donors (Lipinski definition) is 1. The quantitative estimate of drug-likeness (QED) is 0.760. The average molecular weight is 314 g/mol. The van der Waals surface area contributed by atoms with Gasteiger partial charge in [-0.1, -0.05) is 36.9 Å². The largest absolute Gasteiger partial charge is 0.480 e. The Morgan fingerprint density at radius 1 is 1.50 bits per heavy atom. The first-order valence-corrected chi connectivity index (χ1v) is 7.90. The van der Waals surface area contributed by atoms with E-state index in [1.165, 1.54) is 22.6 Å². The lowest BCUT2D eigenvalue weighted by molar-refractivity contribution is -0.141. The van der Waals surface area contributed by atoms with Crippen LogP contribution in [-0.2, 0) is 4.79 Å². The molecule has 0 fully saturated rings. The fourth-order valence-electron chi connectivity index (χ4n) is 2.37. The number of nitrogens with zero attached hydrogens (tertiary/aromatic N) is 1. The summed E-state index contributed by atoms with van der Waals surface area (Å²) in [6, 6.07) is -0.781. The molecule has 0 bridgehead atoms. The van der Waals surface area contributed by atoms with Crippen LogP contribution in [0.1, 0.15) is 13.3 Å². The summed E-state index contributed by atoms with van der Waals surface area (Å²) >= 11 is 7.80. The molecule has 1 aliphatic rings. The Labute approximate surface area is 129 Å². The van der Waals surface area contributed by atoms with Crippen LogP contribution in [0.25, 0.3) is 0 Å². The van der Waals surface area contributed by atoms with Gasteiger partial charge in [-0.3, -0.25) is 9.69 Å². The third-order valence-corrected chi connectivity index (χ3v) is 4.78. The van der Waals surface area contributed by atoms with Crippen molar-refractivity contribution in [1.82, 2.24) is 4.90 Å². The predicted octanol–water partition coefficient (Wildman–Crippen LogP) is 3.65. The molecule has 0 saturated carbocycles. The van der Waals surface area contributed by atoms with E-state index in [0.29, 0.717) is 23.7 Å². The Hall–Kier alpha value is -0.970. The van der Waals surface area contributed by atoms with Gasteiger partial charge < -0.3 is 5.11 Å². The van der Waals surface area contributed by atoms with Gasteiger partial charge in [0.2, 0.25) is 0 Å². The summed E-state index contributed by atoms with van der Waals surface area (Å²) in [6.07, 6.45) is 5.88. The number of thioether (sulfide) groups is 1. The van der Waals surface area contributed by atoms with Crippen molar-refractivity contribution in [3.63, 3.8) is 0 Å². The van der Waals surface area contributed by atoms with Crippen LogP contribution in [0.2, 0.25) is 0 Å². The molecular formula is C15H20ClNO2S. The molecule has 1 heterocycles. The number of hydrogen-bond acceptors (Lipinski definition) is 3. The molecule has 0 aromatic rings. The molecule has 1 N–H and O–H groups in total. The lowest BCUT2D eigenvalue weighted by Gasteiger charge is -2.34. The van der Waals surface area contributed by atoms with E-state index < -0.39 is 12.0 Å². The van der Waals surface area contributed by atoms with Gasteiger partial charge in [0, 0.05) is 18.1 Å². The topological polar surface area (TPSA) is 40.5 Å². The molecule has 0 amide bonds. The summed E-state index contributed by atoms with van der Waals surface area (Å²) < 4.78 is 0. The molecule has 0 aromatic carbocycles. The van der Waals surface area contributed by atoms with E-state index in [4.69, 9.17) is 11.6 Å². The number of aliphatic carboxylic acids is 1. The molecule has 5 heteroatoms. The van der Waals surface area contributed by atoms with Gasteiger partial charge in [0.15, 0.2) is 0 Å². The number of carboxylic acids is 1. The van der Waals surface area contributed by atoms with Gasteiger partial charge in [-0.05, 0) is 35.7 Å². The number of allylic oxidation sites excluding steroid dienone is 2. The standard InChI is InChI=1S/C15H20ClNO2S/c1-5-11(12(16)6-2)14(15(18)19)17-8-7-13(20-4)10(3)9-17/h5-6,14H,1-2,7-9H2,3-4H3,(H,18,19)/b12-11-. The lowest BCUT2D eigenvalue weighted by atomic mass is 10.0. The molecule has 20 heavy (non-hydrogen) atoms. The zero-order chi connectivity index (χ0) is 15.3. The lowest BCUT2D eigenvalue weighted by Crippen LogP contribution is -2.45. The Bertz CT molecular complexity index is 482. The smallest absolute Gasteiger partial charge is 0.325 e. The van der Waals surface area contributed by atoms with Crippen molar-refractivity contribution in [2.45, 2.75) is 19.4 Å². The molecule has 0 aromatic heterocycles. The van der Waals surface area contributed by atoms with Crippen LogP contribution in [0.3, 0.4) is 0 Å². The average Bonchev–Trinajstić information content (AvgIpc) is 2.43. The predicted molar refractivity (Wildman–Crippen MR) is 87.1 cm³/mol. The molecule has 1 rings (SSSR count). The van der Waals surface area contributed by atoms with Crippen LogP contribution < -0.4 is 0 Å². The maximum Gasteiger partial charge on any atom is 0.325 e. The molecule has 0 radical (unpaired) electrons. The van der Waals surface area contributed by atoms with Crippen LogP contribution in [0.4, 0.5) is 0 Å². The highest BCUT2D eigenvalue weighted by atomic mass is 35.5. The second-order valence-electron chi connectivity index (χ2n) is 4.58. The van der Waals surface area contributed by atoms with E-state index in [1.54, 1.807) is 11.8 Å². The molecule has 110 valence electrons. The highest BCUT2D eigenvalue weighted by Crippen LogP contribution is 2.29. The molecule has 1 unspecified atom stereocenters. The third-order valence-electron chi connectivity index (χ3n) is 3.36. The van der Waals surface area contributed by atoms with Crippen LogP contribution in [0, 0.1) is 0 Å². The first kappa shape index (κ1) is 17.1. The second kappa shape index (κ2) is 7.72. The Balaban J connectivity index is 3.12. The summed E-state index contributed by atoms with van der Waals surface area (Å²) in [6.45, 7) is 10.7. The van der Waals surface area contributed by atoms with Gasteiger partial charge in [-0.15, -0.1) is 11.8 Å². The minimum atomic E-state index is -0.916. The molecular weight excluding hydrogens is 294 g/mol. The SMILES string of the molecule is C=C/C(Cl)=C(\C=C)C(C(=O)O)N1CCC(SC)=C(C)C1. The summed E-state index contributed by atoms with van der Waals surface area (Å²) in [4.78, 5) is 14.9. The monoisotopic (exact) mass is 313 g/mol. The van der Waals surface area contributed by atoms with Crippen molar-refractivity contribution >= 4 is 29.3 Å². The maximum absolute atomic E-state index is 11.6. The van der Waals surface area contributed by atoms with Crippen molar-refractivity contribution in [2.75, 3.05) is 19.3 Å². The summed E-state index contributed by atoms with van der Waals surface area (Å²) in [5.74, 6) is -0.916. The van der Waals surface area contributed by atoms with Gasteiger partial charge in [0.1, 0.15) is 6.04 Å². The highest BCUT2D eigenvalue weighted by molar-refractivity contribution is 8.02. The summed E-state index contributed by atoms with van der Waals surface area (Å²) in [7, 11) is 0. The van der Waals surface area contributed by atoms with E-state index in [0.717, 1.165) is 6.42 Å². The summed E-state index contributed by atoms with van der Waals surface area (Å²) in [5.41, 5.74) is 1.71. The molecule has 0 spiro atoms. The van der Waals surface area contributed by atoms with Gasteiger partial charge >= 0.3 is 5.97 Å². The van der Waals surface area contributed by atoms with Crippen molar-refractivity contribution in [3.05, 3.63) is 46.4 Å². The van der Waals surface area contributed by atoms with Gasteiger partial charge in [0.25, 0.3) is 0 Å². The van der Waals surface area contributed by atoms with Gasteiger partial charge in [0.05, 0.1) is 0 Å². The molecule has 1 aliphatic heterocycles. The van der Waals surface area contributed by atoms with Crippen LogP contribution in [-0.4, -0.2) is 41.4 Å². The zero-order valence-corrected chi connectivity index (χ0v) is 13.4.